The molecule has 0 aromatic carbocycles. The molecule has 0 aliphatic rings. The largest absolute Gasteiger partial charge is 1.00 e. The molecule has 0 aliphatic carbocycles. The zero-order chi connectivity index (χ0) is 0. The molecule has 5 heteroatoms. The van der Waals surface area contributed by atoms with E-state index in [1.165, 1.54) is 0 Å². The van der Waals surface area contributed by atoms with Crippen LogP contribution in [0.25, 0.3) is 0 Å². The van der Waals surface area contributed by atoms with Crippen LogP contribution < -0.4 is 18.9 Å². The summed E-state index contributed by atoms with van der Waals surface area (Å²) in [6, 6.07) is 0. The van der Waals surface area contributed by atoms with Gasteiger partial charge in [-0.25, -0.2) is 0 Å². The maximum atomic E-state index is 0. The predicted octanol–water partition coefficient (Wildman–Crippen LogP) is -2.81. The second-order valence-electron chi connectivity index (χ2n) is 0. The van der Waals surface area contributed by atoms with Crippen LogP contribution in [0, 0.1) is 0 Å². The third kappa shape index (κ3) is 131. The Bertz CT molecular complexity index is 10.8. The molecule has 0 heterocycles. The van der Waals surface area contributed by atoms with Crippen molar-refractivity contribution < 1.29 is 34.4 Å². The van der Waals surface area contributed by atoms with Gasteiger partial charge in [0.05, 0.1) is 0 Å². The average molecular weight is 78.8 g/mol. The van der Waals surface area contributed by atoms with Crippen molar-refractivity contribution in [1.82, 2.24) is 0 Å². The van der Waals surface area contributed by atoms with Gasteiger partial charge in [0.15, 0.2) is 0 Å². The van der Waals surface area contributed by atoms with Crippen molar-refractivity contribution >= 4 is 8.41 Å². The van der Waals surface area contributed by atoms with Crippen LogP contribution in [0.4, 0.5) is 14.1 Å². The van der Waals surface area contributed by atoms with Crippen molar-refractivity contribution in [1.29, 1.82) is 0 Å². The smallest absolute Gasteiger partial charge is 1.00 e. The van der Waals surface area contributed by atoms with Crippen LogP contribution in [0.15, 0.2) is 0 Å². The second kappa shape index (κ2) is 259. The fourth-order valence-corrected chi connectivity index (χ4v) is 0. The van der Waals surface area contributed by atoms with E-state index in [1.54, 1.807) is 0 Å². The fourth-order valence-electron chi connectivity index (χ4n) is 0. The molecule has 0 aliphatic heterocycles. The summed E-state index contributed by atoms with van der Waals surface area (Å²) in [5, 5.41) is 0. The molecule has 0 N–H and O–H groups in total. The van der Waals surface area contributed by atoms with E-state index in [4.69, 9.17) is 0 Å². The van der Waals surface area contributed by atoms with Crippen LogP contribution in [0.3, 0.4) is 0 Å². The summed E-state index contributed by atoms with van der Waals surface area (Å²) >= 11 is 0. The van der Waals surface area contributed by atoms with Gasteiger partial charge in [0, 0.05) is 8.41 Å². The Morgan fingerprint density at radius 1 is 0.800 bits per heavy atom. The molecule has 29 valence electrons. The maximum Gasteiger partial charge on any atom is 1.00 e. The zero-order valence-electron chi connectivity index (χ0n) is 3.80. The minimum Gasteiger partial charge on any atom is -1.00 e. The summed E-state index contributed by atoms with van der Waals surface area (Å²) in [6.07, 6.45) is 0. The molecule has 0 aromatic rings. The normalized spacial score (nSPS) is 0. The first-order valence-electron chi connectivity index (χ1n) is 0. The molecule has 0 spiro atoms. The van der Waals surface area contributed by atoms with Crippen LogP contribution in [0.1, 0.15) is 1.43 Å². The minimum absolute atomic E-state index is 0. The van der Waals surface area contributed by atoms with Gasteiger partial charge in [-0.15, -0.1) is 0 Å². The third-order valence-corrected chi connectivity index (χ3v) is 0. The average Bonchev–Trinajstić information content (AvgIpc) is 0. The van der Waals surface area contributed by atoms with Gasteiger partial charge < -0.3 is 1.43 Å². The van der Waals surface area contributed by atoms with Gasteiger partial charge in [-0.3, -0.25) is 14.1 Å². The van der Waals surface area contributed by atoms with Crippen LogP contribution in [0.2, 0.25) is 0 Å². The predicted molar refractivity (Wildman–Crippen MR) is 14.4 cm³/mol. The number of halogens is 3. The maximum absolute atomic E-state index is 0. The van der Waals surface area contributed by atoms with Crippen LogP contribution in [-0.4, -0.2) is 8.41 Å². The molecular formula is H4BF3Li. The quantitative estimate of drug-likeness (QED) is 0.275. The van der Waals surface area contributed by atoms with E-state index in [0.29, 0.717) is 0 Å². The van der Waals surface area contributed by atoms with E-state index < -0.39 is 0 Å². The Morgan fingerprint density at radius 3 is 0.800 bits per heavy atom. The molecular weight excluding hydrogens is 74.7 g/mol. The Labute approximate surface area is 43.7 Å². The molecule has 0 aromatic heterocycles. The van der Waals surface area contributed by atoms with Gasteiger partial charge in [0.2, 0.25) is 0 Å². The van der Waals surface area contributed by atoms with Crippen molar-refractivity contribution in [3.63, 3.8) is 0 Å². The van der Waals surface area contributed by atoms with Gasteiger partial charge >= 0.3 is 18.9 Å². The van der Waals surface area contributed by atoms with Crippen molar-refractivity contribution in [2.75, 3.05) is 0 Å². The van der Waals surface area contributed by atoms with Gasteiger partial charge in [0.1, 0.15) is 0 Å². The van der Waals surface area contributed by atoms with E-state index in [0.717, 1.165) is 0 Å². The summed E-state index contributed by atoms with van der Waals surface area (Å²) in [4.78, 5) is 0. The van der Waals surface area contributed by atoms with E-state index >= 15 is 0 Å². The molecule has 5 heavy (non-hydrogen) atoms. The van der Waals surface area contributed by atoms with E-state index in [2.05, 4.69) is 0 Å². The first-order chi connectivity index (χ1) is 0. The van der Waals surface area contributed by atoms with Crippen LogP contribution in [-0.2, 0) is 0 Å². The monoisotopic (exact) mass is 79.1 g/mol. The van der Waals surface area contributed by atoms with Gasteiger partial charge in [-0.2, -0.15) is 0 Å². The fraction of sp³-hybridized carbons (Fsp3) is 0. The molecule has 0 nitrogen and oxygen atoms in total. The second-order valence-corrected chi connectivity index (χ2v) is 0. The topological polar surface area (TPSA) is 0 Å². The van der Waals surface area contributed by atoms with Crippen LogP contribution >= 0.6 is 0 Å². The zero-order valence-corrected chi connectivity index (χ0v) is 2.80. The van der Waals surface area contributed by atoms with Gasteiger partial charge in [-0.1, -0.05) is 0 Å². The summed E-state index contributed by atoms with van der Waals surface area (Å²) < 4.78 is 0. The summed E-state index contributed by atoms with van der Waals surface area (Å²) in [7, 11) is 0. The molecule has 3 radical (unpaired) electrons. The minimum atomic E-state index is 0. The number of hydrogen-bond acceptors (Lipinski definition) is 0. The number of hydrogen-bond donors (Lipinski definition) is 0. The SMILES string of the molecule is F.F.F.[B].[H-].[Li+]. The summed E-state index contributed by atoms with van der Waals surface area (Å²) in [5.74, 6) is 0. The molecule has 0 unspecified atom stereocenters. The first-order valence-corrected chi connectivity index (χ1v) is 0. The van der Waals surface area contributed by atoms with E-state index in [9.17, 15) is 0 Å². The molecule has 0 bridgehead atoms. The van der Waals surface area contributed by atoms with Crippen molar-refractivity contribution in [3.05, 3.63) is 0 Å². The van der Waals surface area contributed by atoms with Crippen molar-refractivity contribution in [2.24, 2.45) is 0 Å². The molecule has 0 amide bonds. The van der Waals surface area contributed by atoms with E-state index in [1.807, 2.05) is 0 Å². The molecule has 0 fully saturated rings. The van der Waals surface area contributed by atoms with Gasteiger partial charge in [0.25, 0.3) is 0 Å². The standard InChI is InChI=1S/B.3FH.Li.H/h;3*1H;;/q;;;;+1;-1. The Morgan fingerprint density at radius 2 is 0.800 bits per heavy atom. The molecule has 0 atom stereocenters. The first kappa shape index (κ1) is 528. The van der Waals surface area contributed by atoms with Crippen molar-refractivity contribution in [2.45, 2.75) is 0 Å². The summed E-state index contributed by atoms with van der Waals surface area (Å²) in [5.41, 5.74) is 0. The summed E-state index contributed by atoms with van der Waals surface area (Å²) in [6.45, 7) is 0. The Hall–Kier alpha value is 0.452. The van der Waals surface area contributed by atoms with Gasteiger partial charge in [-0.05, 0) is 0 Å². The van der Waals surface area contributed by atoms with E-state index in [-0.39, 0.29) is 42.8 Å². The third-order valence-electron chi connectivity index (χ3n) is 0. The molecule has 0 saturated heterocycles. The van der Waals surface area contributed by atoms with Crippen LogP contribution in [0.5, 0.6) is 0 Å². The molecule has 0 saturated carbocycles. The Kier molecular flexibility index (Phi) is 27400. The molecule has 0 rings (SSSR count). The van der Waals surface area contributed by atoms with Crippen molar-refractivity contribution in [3.8, 4) is 0 Å². The Balaban J connectivity index is 0. The number of rotatable bonds is 0.